The van der Waals surface area contributed by atoms with Crippen LogP contribution < -0.4 is 10.6 Å². The van der Waals surface area contributed by atoms with E-state index >= 15 is 0 Å². The zero-order chi connectivity index (χ0) is 21.8. The van der Waals surface area contributed by atoms with E-state index in [0.717, 1.165) is 17.2 Å². The third-order valence-corrected chi connectivity index (χ3v) is 4.69. The first-order chi connectivity index (χ1) is 14.2. The molecule has 0 aliphatic carbocycles. The van der Waals surface area contributed by atoms with Crippen molar-refractivity contribution >= 4 is 11.7 Å². The third kappa shape index (κ3) is 5.18. The molecule has 0 unspecified atom stereocenters. The van der Waals surface area contributed by atoms with E-state index in [1.54, 1.807) is 12.1 Å². The molecule has 4 nitrogen and oxygen atoms in total. The van der Waals surface area contributed by atoms with Gasteiger partial charge >= 0.3 is 12.2 Å². The smallest absolute Gasteiger partial charge is 0.384 e. The maximum atomic E-state index is 13.0. The number of halogens is 3. The largest absolute Gasteiger partial charge is 0.418 e. The van der Waals surface area contributed by atoms with Crippen LogP contribution >= 0.6 is 0 Å². The van der Waals surface area contributed by atoms with Crippen molar-refractivity contribution in [3.8, 4) is 11.1 Å². The highest BCUT2D eigenvalue weighted by Gasteiger charge is 2.33. The summed E-state index contributed by atoms with van der Waals surface area (Å²) >= 11 is 0. The molecule has 0 bridgehead atoms. The van der Waals surface area contributed by atoms with Gasteiger partial charge in [-0.15, -0.1) is 0 Å². The molecule has 0 fully saturated rings. The predicted octanol–water partition coefficient (Wildman–Crippen LogP) is 5.40. The molecular formula is C23H21F3N2O2. The lowest BCUT2D eigenvalue weighted by atomic mass is 9.94. The number of urea groups is 1. The zero-order valence-electron chi connectivity index (χ0n) is 16.2. The van der Waals surface area contributed by atoms with Gasteiger partial charge in [-0.05, 0) is 35.7 Å². The van der Waals surface area contributed by atoms with E-state index in [9.17, 15) is 23.1 Å². The molecule has 0 aliphatic rings. The van der Waals surface area contributed by atoms with Gasteiger partial charge in [0.2, 0.25) is 0 Å². The van der Waals surface area contributed by atoms with Crippen LogP contribution in [0.1, 0.15) is 18.1 Å². The number of nitrogens with one attached hydrogen (secondary N) is 2. The van der Waals surface area contributed by atoms with Gasteiger partial charge in [-0.1, -0.05) is 66.7 Å². The quantitative estimate of drug-likeness (QED) is 0.523. The summed E-state index contributed by atoms with van der Waals surface area (Å²) in [5.74, 6) is 0. The second kappa shape index (κ2) is 8.59. The number of para-hydroxylation sites is 1. The van der Waals surface area contributed by atoms with E-state index in [1.165, 1.54) is 25.1 Å². The minimum atomic E-state index is -4.59. The van der Waals surface area contributed by atoms with Crippen molar-refractivity contribution in [3.63, 3.8) is 0 Å². The van der Waals surface area contributed by atoms with Crippen molar-refractivity contribution in [1.82, 2.24) is 5.32 Å². The lowest BCUT2D eigenvalue weighted by Gasteiger charge is -2.25. The van der Waals surface area contributed by atoms with Gasteiger partial charge in [0.15, 0.2) is 0 Å². The highest BCUT2D eigenvalue weighted by molar-refractivity contribution is 5.90. The van der Waals surface area contributed by atoms with E-state index in [-0.39, 0.29) is 12.2 Å². The number of anilines is 1. The fourth-order valence-electron chi connectivity index (χ4n) is 3.01. The summed E-state index contributed by atoms with van der Waals surface area (Å²) < 4.78 is 39.1. The number of aliphatic hydroxyl groups is 1. The van der Waals surface area contributed by atoms with Crippen LogP contribution in [0.25, 0.3) is 11.1 Å². The molecular weight excluding hydrogens is 393 g/mol. The van der Waals surface area contributed by atoms with E-state index < -0.39 is 23.4 Å². The number of carbonyl (C=O) groups is 1. The van der Waals surface area contributed by atoms with E-state index in [4.69, 9.17) is 0 Å². The Kier molecular flexibility index (Phi) is 6.12. The third-order valence-electron chi connectivity index (χ3n) is 4.69. The second-order valence-electron chi connectivity index (χ2n) is 7.07. The molecule has 0 aromatic heterocycles. The molecule has 0 saturated carbocycles. The molecule has 3 rings (SSSR count). The maximum absolute atomic E-state index is 13.0. The summed E-state index contributed by atoms with van der Waals surface area (Å²) in [5.41, 5.74) is -0.124. The highest BCUT2D eigenvalue weighted by atomic mass is 19.4. The molecule has 3 aromatic carbocycles. The number of hydrogen-bond acceptors (Lipinski definition) is 2. The molecule has 156 valence electrons. The van der Waals surface area contributed by atoms with Crippen molar-refractivity contribution in [2.24, 2.45) is 0 Å². The molecule has 7 heteroatoms. The first-order valence-electron chi connectivity index (χ1n) is 9.26. The molecule has 3 N–H and O–H groups in total. The molecule has 30 heavy (non-hydrogen) atoms. The Bertz CT molecular complexity index is 1000. The van der Waals surface area contributed by atoms with Crippen LogP contribution in [0.5, 0.6) is 0 Å². The van der Waals surface area contributed by atoms with Crippen molar-refractivity contribution in [3.05, 3.63) is 90.0 Å². The summed E-state index contributed by atoms with van der Waals surface area (Å²) in [6.07, 6.45) is -4.59. The zero-order valence-corrected chi connectivity index (χ0v) is 16.2. The Labute approximate surface area is 172 Å². The average Bonchev–Trinajstić information content (AvgIpc) is 2.73. The molecule has 0 aliphatic heterocycles. The van der Waals surface area contributed by atoms with Crippen LogP contribution in [0.4, 0.5) is 23.7 Å². The van der Waals surface area contributed by atoms with Gasteiger partial charge in [0, 0.05) is 0 Å². The Morgan fingerprint density at radius 3 is 2.07 bits per heavy atom. The first kappa shape index (κ1) is 21.4. The van der Waals surface area contributed by atoms with Gasteiger partial charge in [0.25, 0.3) is 0 Å². The maximum Gasteiger partial charge on any atom is 0.418 e. The Balaban J connectivity index is 1.64. The fourth-order valence-corrected chi connectivity index (χ4v) is 3.01. The SMILES string of the molecule is C[C@](O)(CNC(=O)Nc1ccccc1C(F)(F)F)c1ccc(-c2ccccc2)cc1. The van der Waals surface area contributed by atoms with Gasteiger partial charge < -0.3 is 15.7 Å². The molecule has 0 heterocycles. The summed E-state index contributed by atoms with van der Waals surface area (Å²) in [6.45, 7) is 1.34. The van der Waals surface area contributed by atoms with Crippen LogP contribution in [0, 0.1) is 0 Å². The Hall–Kier alpha value is -3.32. The van der Waals surface area contributed by atoms with Crippen LogP contribution in [0.3, 0.4) is 0 Å². The molecule has 2 amide bonds. The number of benzene rings is 3. The minimum Gasteiger partial charge on any atom is -0.384 e. The number of rotatable bonds is 5. The lowest BCUT2D eigenvalue weighted by Crippen LogP contribution is -2.40. The van der Waals surface area contributed by atoms with Gasteiger partial charge in [0.1, 0.15) is 5.60 Å². The van der Waals surface area contributed by atoms with E-state index in [2.05, 4.69) is 10.6 Å². The van der Waals surface area contributed by atoms with E-state index in [1.807, 2.05) is 42.5 Å². The molecule has 3 aromatic rings. The number of carbonyl (C=O) groups excluding carboxylic acids is 1. The van der Waals surface area contributed by atoms with Crippen LogP contribution in [0.15, 0.2) is 78.9 Å². The summed E-state index contributed by atoms with van der Waals surface area (Å²) in [7, 11) is 0. The number of alkyl halides is 3. The second-order valence-corrected chi connectivity index (χ2v) is 7.07. The molecule has 1 atom stereocenters. The summed E-state index contributed by atoms with van der Waals surface area (Å²) in [6, 6.07) is 20.8. The topological polar surface area (TPSA) is 61.4 Å². The van der Waals surface area contributed by atoms with Crippen LogP contribution in [-0.2, 0) is 11.8 Å². The predicted molar refractivity (Wildman–Crippen MR) is 110 cm³/mol. The molecule has 0 saturated heterocycles. The average molecular weight is 414 g/mol. The van der Waals surface area contributed by atoms with Crippen molar-refractivity contribution in [2.75, 3.05) is 11.9 Å². The standard InChI is InChI=1S/C23H21F3N2O2/c1-22(30,18-13-11-17(12-14-18)16-7-3-2-4-8-16)15-27-21(29)28-20-10-6-5-9-19(20)23(24,25)26/h2-14,30H,15H2,1H3,(H2,27,28,29)/t22-/m0/s1. The monoisotopic (exact) mass is 414 g/mol. The number of amides is 2. The normalized spacial score (nSPS) is 13.4. The minimum absolute atomic E-state index is 0.183. The van der Waals surface area contributed by atoms with Crippen molar-refractivity contribution < 1.29 is 23.1 Å². The van der Waals surface area contributed by atoms with Gasteiger partial charge in [-0.2, -0.15) is 13.2 Å². The van der Waals surface area contributed by atoms with Crippen LogP contribution in [-0.4, -0.2) is 17.7 Å². The highest BCUT2D eigenvalue weighted by Crippen LogP contribution is 2.34. The first-order valence-corrected chi connectivity index (χ1v) is 9.26. The van der Waals surface area contributed by atoms with E-state index in [0.29, 0.717) is 5.56 Å². The fraction of sp³-hybridized carbons (Fsp3) is 0.174. The number of hydrogen-bond donors (Lipinski definition) is 3. The van der Waals surface area contributed by atoms with Crippen molar-refractivity contribution in [2.45, 2.75) is 18.7 Å². The Morgan fingerprint density at radius 2 is 1.43 bits per heavy atom. The van der Waals surface area contributed by atoms with Gasteiger partial charge in [0.05, 0.1) is 17.8 Å². The van der Waals surface area contributed by atoms with Gasteiger partial charge in [-0.25, -0.2) is 4.79 Å². The lowest BCUT2D eigenvalue weighted by molar-refractivity contribution is -0.136. The van der Waals surface area contributed by atoms with Crippen molar-refractivity contribution in [1.29, 1.82) is 0 Å². The molecule has 0 spiro atoms. The Morgan fingerprint density at radius 1 is 0.867 bits per heavy atom. The van der Waals surface area contributed by atoms with Gasteiger partial charge in [-0.3, -0.25) is 0 Å². The summed E-state index contributed by atoms with van der Waals surface area (Å²) in [4.78, 5) is 12.1. The van der Waals surface area contributed by atoms with Crippen LogP contribution in [0.2, 0.25) is 0 Å². The summed E-state index contributed by atoms with van der Waals surface area (Å²) in [5, 5.41) is 15.3. The molecule has 0 radical (unpaired) electrons.